The molecule has 0 radical (unpaired) electrons. The molecule has 56 heavy (non-hydrogen) atoms. The van der Waals surface area contributed by atoms with Crippen molar-refractivity contribution >= 4 is 17.8 Å². The highest BCUT2D eigenvalue weighted by atomic mass is 35.5. The van der Waals surface area contributed by atoms with Crippen LogP contribution in [0.1, 0.15) is 180 Å². The van der Waals surface area contributed by atoms with Crippen molar-refractivity contribution in [3.05, 3.63) is 71.3 Å². The van der Waals surface area contributed by atoms with Crippen molar-refractivity contribution in [2.45, 2.75) is 181 Å². The second-order valence-corrected chi connectivity index (χ2v) is 15.7. The molecule has 0 saturated carbocycles. The zero-order valence-electron chi connectivity index (χ0n) is 36.4. The third-order valence-electron chi connectivity index (χ3n) is 9.60. The Kier molecular flexibility index (Phi) is 35.9. The van der Waals surface area contributed by atoms with Gasteiger partial charge in [-0.15, -0.1) is 0 Å². The quantitative estimate of drug-likeness (QED) is 0.0377. The monoisotopic (exact) mass is 800 g/mol. The molecule has 0 fully saturated rings. The van der Waals surface area contributed by atoms with Gasteiger partial charge in [-0.1, -0.05) is 151 Å². The summed E-state index contributed by atoms with van der Waals surface area (Å²) in [5.74, 6) is 1.14. The molecule has 0 amide bonds. The average Bonchev–Trinajstić information content (AvgIpc) is 3.19. The van der Waals surface area contributed by atoms with Gasteiger partial charge in [-0.2, -0.15) is 0 Å². The molecule has 0 aliphatic rings. The largest absolute Gasteiger partial charge is 0.508 e. The van der Waals surface area contributed by atoms with Gasteiger partial charge in [0.1, 0.15) is 23.1 Å². The smallest absolute Gasteiger partial charge is 0.492 e. The first-order chi connectivity index (χ1) is 27.5. The van der Waals surface area contributed by atoms with Crippen LogP contribution in [0.4, 0.5) is 4.79 Å². The van der Waals surface area contributed by atoms with Crippen molar-refractivity contribution in [2.24, 2.45) is 0 Å². The van der Waals surface area contributed by atoms with Crippen LogP contribution in [0.25, 0.3) is 0 Å². The highest BCUT2D eigenvalue weighted by Crippen LogP contribution is 2.36. The third-order valence-corrected chi connectivity index (χ3v) is 9.97. The van der Waals surface area contributed by atoms with E-state index in [1.165, 1.54) is 116 Å². The molecule has 1 aromatic rings. The number of rotatable bonds is 38. The van der Waals surface area contributed by atoms with Gasteiger partial charge in [-0.3, -0.25) is 0 Å². The van der Waals surface area contributed by atoms with Crippen LogP contribution in [0.3, 0.4) is 0 Å². The second-order valence-electron chi connectivity index (χ2n) is 15.3. The van der Waals surface area contributed by atoms with E-state index in [0.717, 1.165) is 57.1 Å². The van der Waals surface area contributed by atoms with Crippen LogP contribution in [0, 0.1) is 0 Å². The second kappa shape index (κ2) is 39.1. The average molecular weight is 801 g/mol. The Hall–Kier alpha value is -2.70. The van der Waals surface area contributed by atoms with Crippen LogP contribution in [0.15, 0.2) is 60.7 Å². The molecular weight excluding hydrogens is 718 g/mol. The molecule has 1 aromatic carbocycles. The Morgan fingerprint density at radius 3 is 1.38 bits per heavy atom. The predicted molar refractivity (Wildman–Crippen MR) is 240 cm³/mol. The van der Waals surface area contributed by atoms with E-state index in [9.17, 15) is 4.79 Å². The minimum atomic E-state index is -0.675. The van der Waals surface area contributed by atoms with E-state index in [2.05, 4.69) is 67.4 Å². The van der Waals surface area contributed by atoms with E-state index in [0.29, 0.717) is 36.3 Å². The number of allylic oxidation sites excluding steroid dienone is 8. The molecule has 7 heteroatoms. The number of halogens is 1. The zero-order valence-corrected chi connectivity index (χ0v) is 37.1. The molecule has 0 bridgehead atoms. The standard InChI is InChI=1S/C49H82ClNO5/c1-5-7-9-11-13-15-17-19-21-23-25-27-29-31-33-35-39-53-46-42-45(44-56-49(52)55-41-37-38-51(3)4)43-47(48(46)50)54-40-36-34-32-30-28-26-24-22-20-18-16-14-12-10-8-6-2/h13-16,19-22,42-43H,5-12,17-18,23-41,44H2,1-4H3. The first-order valence-corrected chi connectivity index (χ1v) is 23.0. The Morgan fingerprint density at radius 2 is 0.946 bits per heavy atom. The number of hydrogen-bond donors (Lipinski definition) is 0. The molecule has 0 spiro atoms. The number of carbonyl (C=O) groups is 1. The van der Waals surface area contributed by atoms with Crippen LogP contribution in [-0.4, -0.2) is 51.5 Å². The van der Waals surface area contributed by atoms with Crippen molar-refractivity contribution in [3.63, 3.8) is 0 Å². The number of carbonyl (C=O) groups excluding carboxylic acids is 1. The number of hydrogen-bond acceptors (Lipinski definition) is 6. The molecule has 0 aromatic heterocycles. The first kappa shape index (κ1) is 51.3. The van der Waals surface area contributed by atoms with E-state index in [4.69, 9.17) is 30.5 Å². The molecule has 0 N–H and O–H groups in total. The maximum absolute atomic E-state index is 12.2. The molecular formula is C49H82ClNO5. The molecule has 0 heterocycles. The van der Waals surface area contributed by atoms with Crippen LogP contribution >= 0.6 is 11.6 Å². The summed E-state index contributed by atoms with van der Waals surface area (Å²) in [6.07, 6.45) is 47.4. The van der Waals surface area contributed by atoms with E-state index in [-0.39, 0.29) is 6.61 Å². The summed E-state index contributed by atoms with van der Waals surface area (Å²) < 4.78 is 23.0. The van der Waals surface area contributed by atoms with Gasteiger partial charge in [-0.25, -0.2) is 4.79 Å². The Balaban J connectivity index is 2.41. The highest BCUT2D eigenvalue weighted by Gasteiger charge is 2.14. The summed E-state index contributed by atoms with van der Waals surface area (Å²) in [5, 5.41) is 0.472. The Bertz CT molecular complexity index is 1110. The van der Waals surface area contributed by atoms with Gasteiger partial charge in [0.2, 0.25) is 0 Å². The predicted octanol–water partition coefficient (Wildman–Crippen LogP) is 15.3. The lowest BCUT2D eigenvalue weighted by molar-refractivity contribution is 0.0479. The van der Waals surface area contributed by atoms with Gasteiger partial charge in [0.05, 0.1) is 19.8 Å². The van der Waals surface area contributed by atoms with Gasteiger partial charge >= 0.3 is 6.16 Å². The van der Waals surface area contributed by atoms with Crippen molar-refractivity contribution in [1.82, 2.24) is 4.90 Å². The summed E-state index contributed by atoms with van der Waals surface area (Å²) in [6, 6.07) is 3.70. The molecule has 320 valence electrons. The number of ether oxygens (including phenoxy) is 4. The van der Waals surface area contributed by atoms with Crippen molar-refractivity contribution < 1.29 is 23.7 Å². The third kappa shape index (κ3) is 32.4. The topological polar surface area (TPSA) is 57.2 Å². The highest BCUT2D eigenvalue weighted by molar-refractivity contribution is 6.33. The lowest BCUT2D eigenvalue weighted by atomic mass is 10.1. The van der Waals surface area contributed by atoms with Gasteiger partial charge < -0.3 is 23.8 Å². The maximum Gasteiger partial charge on any atom is 0.508 e. The molecule has 0 aliphatic carbocycles. The summed E-state index contributed by atoms with van der Waals surface area (Å²) in [6.45, 7) is 6.89. The van der Waals surface area contributed by atoms with Gasteiger partial charge in [-0.05, 0) is 115 Å². The summed E-state index contributed by atoms with van der Waals surface area (Å²) in [5.41, 5.74) is 0.763. The van der Waals surface area contributed by atoms with E-state index < -0.39 is 6.16 Å². The summed E-state index contributed by atoms with van der Waals surface area (Å²) >= 11 is 6.80. The fraction of sp³-hybridized carbons (Fsp3) is 0.694. The van der Waals surface area contributed by atoms with Crippen molar-refractivity contribution in [2.75, 3.05) is 40.5 Å². The van der Waals surface area contributed by atoms with Crippen molar-refractivity contribution in [3.8, 4) is 11.5 Å². The normalized spacial score (nSPS) is 12.0. The summed E-state index contributed by atoms with van der Waals surface area (Å²) in [7, 11) is 3.98. The lowest BCUT2D eigenvalue weighted by Crippen LogP contribution is -2.16. The fourth-order valence-corrected chi connectivity index (χ4v) is 6.40. The molecule has 6 nitrogen and oxygen atoms in total. The van der Waals surface area contributed by atoms with Crippen LogP contribution in [-0.2, 0) is 16.1 Å². The van der Waals surface area contributed by atoms with Gasteiger partial charge in [0.15, 0.2) is 0 Å². The van der Waals surface area contributed by atoms with E-state index >= 15 is 0 Å². The minimum Gasteiger partial charge on any atom is -0.492 e. The van der Waals surface area contributed by atoms with E-state index in [1.807, 2.05) is 26.2 Å². The number of benzene rings is 1. The Labute approximate surface area is 349 Å². The molecule has 0 atom stereocenters. The van der Waals surface area contributed by atoms with Gasteiger partial charge in [0, 0.05) is 6.54 Å². The minimum absolute atomic E-state index is 0.0618. The van der Waals surface area contributed by atoms with Crippen LogP contribution in [0.5, 0.6) is 11.5 Å². The summed E-state index contributed by atoms with van der Waals surface area (Å²) in [4.78, 5) is 14.3. The molecule has 0 unspecified atom stereocenters. The maximum atomic E-state index is 12.2. The van der Waals surface area contributed by atoms with Crippen LogP contribution in [0.2, 0.25) is 5.02 Å². The lowest BCUT2D eigenvalue weighted by Gasteiger charge is -2.15. The first-order valence-electron chi connectivity index (χ1n) is 22.6. The number of nitrogens with zero attached hydrogens (tertiary/aromatic N) is 1. The van der Waals surface area contributed by atoms with Crippen LogP contribution < -0.4 is 9.47 Å². The molecule has 0 aliphatic heterocycles. The molecule has 1 rings (SSSR count). The van der Waals surface area contributed by atoms with Crippen molar-refractivity contribution in [1.29, 1.82) is 0 Å². The Morgan fingerprint density at radius 1 is 0.536 bits per heavy atom. The SMILES string of the molecule is CCCCCC=CCC=CCCCCCCCCOc1cc(COC(=O)OCCCN(C)C)cc(OCCCCCCCCC=CCC=CCCCCC)c1Cl. The fourth-order valence-electron chi connectivity index (χ4n) is 6.18. The number of unbranched alkanes of at least 4 members (excludes halogenated alkanes) is 18. The van der Waals surface area contributed by atoms with Gasteiger partial charge in [0.25, 0.3) is 0 Å². The van der Waals surface area contributed by atoms with E-state index in [1.54, 1.807) is 0 Å². The zero-order chi connectivity index (χ0) is 40.6. The molecule has 0 saturated heterocycles.